The predicted octanol–water partition coefficient (Wildman–Crippen LogP) is 4.26. The fraction of sp³-hybridized carbons (Fsp3) is 0.233. The highest BCUT2D eigenvalue weighted by Gasteiger charge is 2.26. The maximum absolute atomic E-state index is 11.4. The second kappa shape index (κ2) is 9.83. The molecule has 2 aromatic carbocycles. The molecule has 9 heteroatoms. The van der Waals surface area contributed by atoms with Crippen LogP contribution in [0.15, 0.2) is 61.1 Å². The summed E-state index contributed by atoms with van der Waals surface area (Å²) in [5.41, 5.74) is 9.70. The number of nitrogens with zero attached hydrogens (tertiary/aromatic N) is 6. The number of aromatic nitrogens is 6. The van der Waals surface area contributed by atoms with Crippen molar-refractivity contribution in [2.45, 2.75) is 25.7 Å². The summed E-state index contributed by atoms with van der Waals surface area (Å²) in [5.74, 6) is 0.163. The third kappa shape index (κ3) is 4.67. The van der Waals surface area contributed by atoms with E-state index in [1.54, 1.807) is 12.1 Å². The smallest absolute Gasteiger partial charge is 0.335 e. The average Bonchev–Trinajstić information content (AvgIpc) is 3.51. The number of aryl methyl sites for hydroxylation is 4. The number of carbonyl (C=O) groups is 1. The highest BCUT2D eigenvalue weighted by molar-refractivity contribution is 5.88. The lowest BCUT2D eigenvalue weighted by Gasteiger charge is -2.17. The standard InChI is InChI=1S/C30H28N6O3/c1-35-17-23(16-32-35)19-6-4-5-18(11-19)12-25-28-24(34-36(25)2)10-9-22-15-31-27(33-29(22)28)14-20-7-8-21(30(37)38)13-26(20)39-3/h4-8,11,13,15-17H,9-10,12,14H2,1-3H3,(H,37,38). The Bertz CT molecular complexity index is 1720. The van der Waals surface area contributed by atoms with Crippen molar-refractivity contribution in [1.29, 1.82) is 0 Å². The van der Waals surface area contributed by atoms with E-state index in [1.807, 2.05) is 42.0 Å². The van der Waals surface area contributed by atoms with E-state index in [4.69, 9.17) is 14.8 Å². The van der Waals surface area contributed by atoms with Gasteiger partial charge in [0.25, 0.3) is 0 Å². The summed E-state index contributed by atoms with van der Waals surface area (Å²) in [6, 6.07) is 13.4. The summed E-state index contributed by atoms with van der Waals surface area (Å²) in [6.07, 6.45) is 8.64. The predicted molar refractivity (Wildman–Crippen MR) is 146 cm³/mol. The average molecular weight is 521 g/mol. The van der Waals surface area contributed by atoms with Crippen molar-refractivity contribution in [3.05, 3.63) is 101 Å². The van der Waals surface area contributed by atoms with Gasteiger partial charge in [-0.2, -0.15) is 10.2 Å². The maximum Gasteiger partial charge on any atom is 0.335 e. The van der Waals surface area contributed by atoms with E-state index >= 15 is 0 Å². The van der Waals surface area contributed by atoms with Crippen LogP contribution in [0, 0.1) is 0 Å². The molecular formula is C30H28N6O3. The minimum absolute atomic E-state index is 0.180. The Hall–Kier alpha value is -4.79. The van der Waals surface area contributed by atoms with Gasteiger partial charge in [0, 0.05) is 56.0 Å². The normalized spacial score (nSPS) is 12.2. The Balaban J connectivity index is 1.35. The molecule has 3 aromatic heterocycles. The molecule has 1 aliphatic carbocycles. The first kappa shape index (κ1) is 24.5. The molecule has 0 amide bonds. The quantitative estimate of drug-likeness (QED) is 0.342. The van der Waals surface area contributed by atoms with E-state index < -0.39 is 5.97 Å². The van der Waals surface area contributed by atoms with E-state index in [2.05, 4.69) is 34.3 Å². The number of rotatable bonds is 7. The van der Waals surface area contributed by atoms with Gasteiger partial charge in [0.15, 0.2) is 0 Å². The van der Waals surface area contributed by atoms with Crippen LogP contribution in [-0.2, 0) is 39.8 Å². The van der Waals surface area contributed by atoms with Crippen LogP contribution in [0.3, 0.4) is 0 Å². The molecule has 0 fully saturated rings. The van der Waals surface area contributed by atoms with Crippen LogP contribution in [0.4, 0.5) is 0 Å². The lowest BCUT2D eigenvalue weighted by Crippen LogP contribution is -2.10. The highest BCUT2D eigenvalue weighted by atomic mass is 16.5. The SMILES string of the molecule is COc1cc(C(=O)O)ccc1Cc1ncc2c(n1)-c1c(nn(C)c1Cc1cccc(-c3cnn(C)c3)c1)CC2. The molecule has 3 heterocycles. The molecule has 39 heavy (non-hydrogen) atoms. The molecule has 5 aromatic rings. The highest BCUT2D eigenvalue weighted by Crippen LogP contribution is 2.36. The van der Waals surface area contributed by atoms with E-state index in [0.717, 1.165) is 64.2 Å². The Morgan fingerprint density at radius 3 is 2.69 bits per heavy atom. The summed E-state index contributed by atoms with van der Waals surface area (Å²) in [4.78, 5) is 21.0. The molecule has 0 saturated heterocycles. The molecule has 196 valence electrons. The maximum atomic E-state index is 11.4. The molecule has 6 rings (SSSR count). The van der Waals surface area contributed by atoms with Crippen molar-refractivity contribution in [1.82, 2.24) is 29.5 Å². The van der Waals surface area contributed by atoms with Crippen LogP contribution >= 0.6 is 0 Å². The first-order chi connectivity index (χ1) is 18.9. The van der Waals surface area contributed by atoms with Gasteiger partial charge in [-0.05, 0) is 41.7 Å². The van der Waals surface area contributed by atoms with Crippen LogP contribution in [-0.4, -0.2) is 47.7 Å². The largest absolute Gasteiger partial charge is 0.496 e. The number of fused-ring (bicyclic) bond motifs is 3. The molecule has 0 atom stereocenters. The number of ether oxygens (including phenoxy) is 1. The number of benzene rings is 2. The number of carboxylic acids is 1. The van der Waals surface area contributed by atoms with Crippen LogP contribution in [0.1, 0.15) is 44.3 Å². The van der Waals surface area contributed by atoms with E-state index in [1.165, 1.54) is 18.7 Å². The van der Waals surface area contributed by atoms with Gasteiger partial charge in [0.2, 0.25) is 0 Å². The molecule has 9 nitrogen and oxygen atoms in total. The summed E-state index contributed by atoms with van der Waals surface area (Å²) in [5, 5.41) is 18.5. The van der Waals surface area contributed by atoms with Gasteiger partial charge >= 0.3 is 5.97 Å². The molecule has 1 N–H and O–H groups in total. The summed E-state index contributed by atoms with van der Waals surface area (Å²) < 4.78 is 9.26. The Morgan fingerprint density at radius 1 is 1.05 bits per heavy atom. The summed E-state index contributed by atoms with van der Waals surface area (Å²) >= 11 is 0. The van der Waals surface area contributed by atoms with E-state index in [0.29, 0.717) is 18.0 Å². The van der Waals surface area contributed by atoms with Crippen LogP contribution in [0.2, 0.25) is 0 Å². The molecule has 1 aliphatic rings. The molecule has 0 unspecified atom stereocenters. The Kier molecular flexibility index (Phi) is 6.18. The monoisotopic (exact) mass is 520 g/mol. The molecule has 0 spiro atoms. The zero-order chi connectivity index (χ0) is 27.1. The van der Waals surface area contributed by atoms with Gasteiger partial charge in [-0.25, -0.2) is 14.8 Å². The van der Waals surface area contributed by atoms with E-state index in [-0.39, 0.29) is 5.56 Å². The van der Waals surface area contributed by atoms with Gasteiger partial charge in [0.1, 0.15) is 11.6 Å². The fourth-order valence-corrected chi connectivity index (χ4v) is 5.27. The van der Waals surface area contributed by atoms with Crippen molar-refractivity contribution in [3.8, 4) is 28.1 Å². The lowest BCUT2D eigenvalue weighted by molar-refractivity contribution is 0.0696. The number of carboxylic acid groups (broad SMARTS) is 1. The van der Waals surface area contributed by atoms with Crippen molar-refractivity contribution >= 4 is 5.97 Å². The van der Waals surface area contributed by atoms with Gasteiger partial charge in [-0.15, -0.1) is 0 Å². The van der Waals surface area contributed by atoms with Crippen LogP contribution in [0.5, 0.6) is 5.75 Å². The van der Waals surface area contributed by atoms with Crippen molar-refractivity contribution < 1.29 is 14.6 Å². The Morgan fingerprint density at radius 2 is 1.92 bits per heavy atom. The minimum atomic E-state index is -0.993. The van der Waals surface area contributed by atoms with Crippen LogP contribution in [0.25, 0.3) is 22.4 Å². The molecule has 0 radical (unpaired) electrons. The first-order valence-corrected chi connectivity index (χ1v) is 12.8. The van der Waals surface area contributed by atoms with Crippen LogP contribution < -0.4 is 4.74 Å². The second-order valence-corrected chi connectivity index (χ2v) is 9.84. The van der Waals surface area contributed by atoms with Crippen molar-refractivity contribution in [2.75, 3.05) is 7.11 Å². The first-order valence-electron chi connectivity index (χ1n) is 12.8. The second-order valence-electron chi connectivity index (χ2n) is 9.84. The molecule has 0 bridgehead atoms. The lowest BCUT2D eigenvalue weighted by atomic mass is 9.91. The molecular weight excluding hydrogens is 492 g/mol. The molecule has 0 saturated carbocycles. The number of methoxy groups -OCH3 is 1. The van der Waals surface area contributed by atoms with Gasteiger partial charge in [0.05, 0.1) is 36.0 Å². The minimum Gasteiger partial charge on any atom is -0.496 e. The van der Waals surface area contributed by atoms with Gasteiger partial charge in [-0.1, -0.05) is 30.3 Å². The topological polar surface area (TPSA) is 108 Å². The number of aromatic carboxylic acids is 1. The fourth-order valence-electron chi connectivity index (χ4n) is 5.27. The Labute approximate surface area is 225 Å². The number of hydrogen-bond acceptors (Lipinski definition) is 6. The summed E-state index contributed by atoms with van der Waals surface area (Å²) in [7, 11) is 5.45. The third-order valence-electron chi connectivity index (χ3n) is 7.24. The zero-order valence-electron chi connectivity index (χ0n) is 22.0. The van der Waals surface area contributed by atoms with Crippen molar-refractivity contribution in [3.63, 3.8) is 0 Å². The van der Waals surface area contributed by atoms with Gasteiger partial charge in [-0.3, -0.25) is 9.36 Å². The number of hydrogen-bond donors (Lipinski definition) is 1. The molecule has 0 aliphatic heterocycles. The zero-order valence-corrected chi connectivity index (χ0v) is 22.0. The van der Waals surface area contributed by atoms with E-state index in [9.17, 15) is 9.90 Å². The summed E-state index contributed by atoms with van der Waals surface area (Å²) in [6.45, 7) is 0. The van der Waals surface area contributed by atoms with Gasteiger partial charge < -0.3 is 9.84 Å². The third-order valence-corrected chi connectivity index (χ3v) is 7.24. The van der Waals surface area contributed by atoms with Crippen molar-refractivity contribution in [2.24, 2.45) is 14.1 Å².